The van der Waals surface area contributed by atoms with Gasteiger partial charge in [-0.15, -0.1) is 0 Å². The third kappa shape index (κ3) is 2.60. The third-order valence-electron chi connectivity index (χ3n) is 3.91. The molecule has 0 aromatic heterocycles. The molecule has 2 aromatic carbocycles. The van der Waals surface area contributed by atoms with Crippen LogP contribution in [0.15, 0.2) is 54.6 Å². The van der Waals surface area contributed by atoms with E-state index in [-0.39, 0.29) is 12.1 Å². The van der Waals surface area contributed by atoms with Crippen molar-refractivity contribution in [2.75, 3.05) is 0 Å². The molecule has 0 aliphatic heterocycles. The highest BCUT2D eigenvalue weighted by Gasteiger charge is 2.34. The van der Waals surface area contributed by atoms with Gasteiger partial charge in [0.1, 0.15) is 6.10 Å². The second-order valence-corrected chi connectivity index (χ2v) is 5.38. The highest BCUT2D eigenvalue weighted by atomic mass is 16.5. The van der Waals surface area contributed by atoms with E-state index in [0.717, 1.165) is 12.8 Å². The molecule has 0 heterocycles. The Morgan fingerprint density at radius 2 is 1.80 bits per heavy atom. The lowest BCUT2D eigenvalue weighted by Crippen LogP contribution is -2.16. The van der Waals surface area contributed by atoms with Gasteiger partial charge in [-0.05, 0) is 29.5 Å². The molecule has 0 amide bonds. The maximum Gasteiger partial charge on any atom is 0.303 e. The zero-order valence-corrected chi connectivity index (χ0v) is 11.6. The lowest BCUT2D eigenvalue weighted by Gasteiger charge is -2.20. The summed E-state index contributed by atoms with van der Waals surface area (Å²) in [5.41, 5.74) is 3.77. The normalized spacial score (nSPS) is 20.4. The fourth-order valence-corrected chi connectivity index (χ4v) is 3.08. The van der Waals surface area contributed by atoms with Gasteiger partial charge in [0.05, 0.1) is 0 Å². The molecule has 1 aliphatic carbocycles. The molecule has 2 nitrogen and oxygen atoms in total. The summed E-state index contributed by atoms with van der Waals surface area (Å²) in [6, 6.07) is 18.7. The summed E-state index contributed by atoms with van der Waals surface area (Å²) in [6.07, 6.45) is 1.81. The van der Waals surface area contributed by atoms with Gasteiger partial charge in [-0.25, -0.2) is 0 Å². The molecule has 0 saturated carbocycles. The minimum atomic E-state index is -0.204. The predicted molar refractivity (Wildman–Crippen MR) is 78.3 cm³/mol. The van der Waals surface area contributed by atoms with Crippen molar-refractivity contribution in [2.24, 2.45) is 5.92 Å². The fourth-order valence-electron chi connectivity index (χ4n) is 3.08. The minimum absolute atomic E-state index is 0.107. The molecule has 3 rings (SSSR count). The summed E-state index contributed by atoms with van der Waals surface area (Å²) >= 11 is 0. The highest BCUT2D eigenvalue weighted by Crippen LogP contribution is 2.40. The van der Waals surface area contributed by atoms with E-state index in [9.17, 15) is 4.79 Å². The topological polar surface area (TPSA) is 26.3 Å². The number of rotatable bonds is 3. The molecule has 102 valence electrons. The molecular weight excluding hydrogens is 248 g/mol. The summed E-state index contributed by atoms with van der Waals surface area (Å²) in [7, 11) is 0. The van der Waals surface area contributed by atoms with Gasteiger partial charge in [0.25, 0.3) is 0 Å². The molecule has 2 atom stereocenters. The highest BCUT2D eigenvalue weighted by molar-refractivity contribution is 5.66. The molecule has 1 aliphatic rings. The van der Waals surface area contributed by atoms with Crippen molar-refractivity contribution in [3.63, 3.8) is 0 Å². The Balaban J connectivity index is 1.86. The van der Waals surface area contributed by atoms with Crippen molar-refractivity contribution in [1.82, 2.24) is 0 Å². The zero-order valence-electron chi connectivity index (χ0n) is 11.6. The first-order chi connectivity index (χ1) is 9.74. The van der Waals surface area contributed by atoms with E-state index in [4.69, 9.17) is 4.74 Å². The smallest absolute Gasteiger partial charge is 0.303 e. The molecule has 0 bridgehead atoms. The standard InChI is InChI=1S/C18H18O2/c1-13(19)20-18-16(11-14-7-3-2-4-8-14)12-15-9-5-6-10-17(15)18/h2-10,16,18H,11-12H2,1H3/t16-,18+/m1/s1. The number of ether oxygens (including phenoxy) is 1. The minimum Gasteiger partial charge on any atom is -0.457 e. The Labute approximate surface area is 119 Å². The molecule has 0 spiro atoms. The van der Waals surface area contributed by atoms with Crippen molar-refractivity contribution in [3.8, 4) is 0 Å². The van der Waals surface area contributed by atoms with Crippen molar-refractivity contribution < 1.29 is 9.53 Å². The second kappa shape index (κ2) is 5.49. The Morgan fingerprint density at radius 1 is 1.10 bits per heavy atom. The zero-order chi connectivity index (χ0) is 13.9. The van der Waals surface area contributed by atoms with E-state index in [1.807, 2.05) is 12.1 Å². The van der Waals surface area contributed by atoms with Crippen LogP contribution in [0.5, 0.6) is 0 Å². The molecule has 0 fully saturated rings. The van der Waals surface area contributed by atoms with Gasteiger partial charge in [-0.1, -0.05) is 54.6 Å². The number of carbonyl (C=O) groups excluding carboxylic acids is 1. The van der Waals surface area contributed by atoms with E-state index in [2.05, 4.69) is 42.5 Å². The quantitative estimate of drug-likeness (QED) is 0.792. The summed E-state index contributed by atoms with van der Waals surface area (Å²) in [6.45, 7) is 1.49. The van der Waals surface area contributed by atoms with Gasteiger partial charge in [-0.2, -0.15) is 0 Å². The monoisotopic (exact) mass is 266 g/mol. The van der Waals surface area contributed by atoms with Crippen molar-refractivity contribution in [2.45, 2.75) is 25.9 Å². The van der Waals surface area contributed by atoms with Gasteiger partial charge in [0.15, 0.2) is 0 Å². The van der Waals surface area contributed by atoms with Crippen molar-refractivity contribution in [1.29, 1.82) is 0 Å². The predicted octanol–water partition coefficient (Wildman–Crippen LogP) is 3.71. The lowest BCUT2D eigenvalue weighted by atomic mass is 9.94. The number of carbonyl (C=O) groups is 1. The largest absolute Gasteiger partial charge is 0.457 e. The van der Waals surface area contributed by atoms with Gasteiger partial charge in [0.2, 0.25) is 0 Å². The Kier molecular flexibility index (Phi) is 3.55. The average molecular weight is 266 g/mol. The SMILES string of the molecule is CC(=O)O[C@@H]1c2ccccc2C[C@H]1Cc1ccccc1. The molecular formula is C18H18O2. The van der Waals surface area contributed by atoms with Crippen LogP contribution in [0.2, 0.25) is 0 Å². The van der Waals surface area contributed by atoms with Crippen LogP contribution < -0.4 is 0 Å². The van der Waals surface area contributed by atoms with Crippen LogP contribution in [-0.2, 0) is 22.4 Å². The number of hydrogen-bond donors (Lipinski definition) is 0. The van der Waals surface area contributed by atoms with Gasteiger partial charge < -0.3 is 4.74 Å². The van der Waals surface area contributed by atoms with Crippen LogP contribution in [0.1, 0.15) is 29.7 Å². The maximum absolute atomic E-state index is 11.4. The van der Waals surface area contributed by atoms with E-state index < -0.39 is 0 Å². The Hall–Kier alpha value is -2.09. The van der Waals surface area contributed by atoms with Crippen LogP contribution in [0.25, 0.3) is 0 Å². The van der Waals surface area contributed by atoms with Gasteiger partial charge >= 0.3 is 5.97 Å². The first-order valence-electron chi connectivity index (χ1n) is 7.03. The van der Waals surface area contributed by atoms with Crippen molar-refractivity contribution >= 4 is 5.97 Å². The summed E-state index contributed by atoms with van der Waals surface area (Å²) in [4.78, 5) is 11.4. The first-order valence-corrected chi connectivity index (χ1v) is 7.03. The number of hydrogen-bond acceptors (Lipinski definition) is 2. The molecule has 0 radical (unpaired) electrons. The Bertz CT molecular complexity index is 604. The lowest BCUT2D eigenvalue weighted by molar-refractivity contribution is -0.149. The van der Waals surface area contributed by atoms with Crippen LogP contribution >= 0.6 is 0 Å². The number of esters is 1. The van der Waals surface area contributed by atoms with Crippen LogP contribution in [-0.4, -0.2) is 5.97 Å². The van der Waals surface area contributed by atoms with E-state index >= 15 is 0 Å². The molecule has 0 unspecified atom stereocenters. The summed E-state index contributed by atoms with van der Waals surface area (Å²) in [5, 5.41) is 0. The summed E-state index contributed by atoms with van der Waals surface area (Å²) < 4.78 is 5.58. The third-order valence-corrected chi connectivity index (χ3v) is 3.91. The average Bonchev–Trinajstić information content (AvgIpc) is 2.78. The maximum atomic E-state index is 11.4. The fraction of sp³-hybridized carbons (Fsp3) is 0.278. The van der Waals surface area contributed by atoms with Crippen LogP contribution in [0.4, 0.5) is 0 Å². The molecule has 2 aromatic rings. The number of benzene rings is 2. The van der Waals surface area contributed by atoms with Crippen LogP contribution in [0.3, 0.4) is 0 Å². The summed E-state index contributed by atoms with van der Waals surface area (Å²) in [5.74, 6) is 0.128. The molecule has 2 heteroatoms. The van der Waals surface area contributed by atoms with Gasteiger partial charge in [0, 0.05) is 12.8 Å². The first kappa shape index (κ1) is 12.9. The molecule has 0 N–H and O–H groups in total. The second-order valence-electron chi connectivity index (χ2n) is 5.38. The van der Waals surface area contributed by atoms with Crippen molar-refractivity contribution in [3.05, 3.63) is 71.3 Å². The Morgan fingerprint density at radius 3 is 2.55 bits per heavy atom. The van der Waals surface area contributed by atoms with E-state index in [1.54, 1.807) is 0 Å². The molecule has 20 heavy (non-hydrogen) atoms. The van der Waals surface area contributed by atoms with Crippen LogP contribution in [0, 0.1) is 5.92 Å². The van der Waals surface area contributed by atoms with Gasteiger partial charge in [-0.3, -0.25) is 4.79 Å². The van der Waals surface area contributed by atoms with E-state index in [0.29, 0.717) is 5.92 Å². The van der Waals surface area contributed by atoms with E-state index in [1.165, 1.54) is 23.6 Å². The molecule has 0 saturated heterocycles. The number of fused-ring (bicyclic) bond motifs is 1.